The Morgan fingerprint density at radius 2 is 1.67 bits per heavy atom. The van der Waals surface area contributed by atoms with E-state index in [1.54, 1.807) is 7.11 Å². The number of nitrogens with zero attached hydrogens (tertiary/aromatic N) is 2. The van der Waals surface area contributed by atoms with Crippen LogP contribution in [0.1, 0.15) is 52.8 Å². The van der Waals surface area contributed by atoms with E-state index in [9.17, 15) is 0 Å². The lowest BCUT2D eigenvalue weighted by molar-refractivity contribution is 0.410. The first-order valence-electron chi connectivity index (χ1n) is 6.08. The fraction of sp³-hybridized carbons (Fsp3) is 0.600. The van der Waals surface area contributed by atoms with Gasteiger partial charge in [-0.25, -0.2) is 0 Å². The van der Waals surface area contributed by atoms with Crippen LogP contribution in [0.15, 0.2) is 6.07 Å². The van der Waals surface area contributed by atoms with Crippen LogP contribution >= 0.6 is 0 Å². The average molecular weight is 246 g/mol. The van der Waals surface area contributed by atoms with E-state index in [0.717, 1.165) is 11.3 Å². The van der Waals surface area contributed by atoms with E-state index in [-0.39, 0.29) is 10.8 Å². The first kappa shape index (κ1) is 14.5. The molecule has 0 radical (unpaired) electrons. The van der Waals surface area contributed by atoms with Crippen molar-refractivity contribution in [3.05, 3.63) is 28.7 Å². The number of pyridine rings is 1. The van der Waals surface area contributed by atoms with E-state index >= 15 is 0 Å². The Morgan fingerprint density at radius 1 is 1.11 bits per heavy atom. The van der Waals surface area contributed by atoms with Crippen molar-refractivity contribution in [2.24, 2.45) is 0 Å². The van der Waals surface area contributed by atoms with Crippen LogP contribution in [-0.4, -0.2) is 12.1 Å². The molecule has 0 saturated heterocycles. The minimum Gasteiger partial charge on any atom is -0.506 e. The van der Waals surface area contributed by atoms with Gasteiger partial charge in [0.25, 0.3) is 0 Å². The third-order valence-corrected chi connectivity index (χ3v) is 2.81. The molecule has 1 aromatic heterocycles. The number of hydrogen-bond acceptors (Lipinski definition) is 2. The van der Waals surface area contributed by atoms with Crippen molar-refractivity contribution in [2.45, 2.75) is 52.4 Å². The van der Waals surface area contributed by atoms with Crippen LogP contribution in [0.3, 0.4) is 0 Å². The second kappa shape index (κ2) is 4.61. The predicted molar refractivity (Wildman–Crippen MR) is 74.5 cm³/mol. The van der Waals surface area contributed by atoms with Crippen molar-refractivity contribution in [1.82, 2.24) is 4.98 Å². The van der Waals surface area contributed by atoms with Gasteiger partial charge in [-0.3, -0.25) is 0 Å². The molecule has 0 unspecified atom stereocenters. The first-order chi connectivity index (χ1) is 8.11. The molecule has 18 heavy (non-hydrogen) atoms. The molecule has 0 atom stereocenters. The van der Waals surface area contributed by atoms with E-state index in [0.29, 0.717) is 11.6 Å². The second-order valence-corrected chi connectivity index (χ2v) is 6.52. The van der Waals surface area contributed by atoms with E-state index in [1.165, 1.54) is 0 Å². The van der Waals surface area contributed by atoms with Gasteiger partial charge in [-0.2, -0.15) is 0 Å². The minimum absolute atomic E-state index is 0.0244. The highest BCUT2D eigenvalue weighted by Crippen LogP contribution is 2.38. The zero-order chi connectivity index (χ0) is 14.1. The lowest BCUT2D eigenvalue weighted by Gasteiger charge is -2.27. The average Bonchev–Trinajstić information content (AvgIpc) is 2.24. The van der Waals surface area contributed by atoms with Crippen LogP contribution in [-0.2, 0) is 10.8 Å². The fourth-order valence-electron chi connectivity index (χ4n) is 1.86. The monoisotopic (exact) mass is 246 g/mol. The van der Waals surface area contributed by atoms with Gasteiger partial charge in [0, 0.05) is 11.0 Å². The largest absolute Gasteiger partial charge is 0.506 e. The third kappa shape index (κ3) is 2.81. The summed E-state index contributed by atoms with van der Waals surface area (Å²) in [5, 5.41) is 0. The summed E-state index contributed by atoms with van der Waals surface area (Å²) in [4.78, 5) is 7.97. The van der Waals surface area contributed by atoms with Crippen LogP contribution in [0.4, 0.5) is 5.82 Å². The summed E-state index contributed by atoms with van der Waals surface area (Å²) < 4.78 is 5.26. The minimum atomic E-state index is -0.0890. The molecule has 1 aromatic rings. The van der Waals surface area contributed by atoms with Crippen molar-refractivity contribution in [3.63, 3.8) is 0 Å². The molecule has 1 rings (SSSR count). The van der Waals surface area contributed by atoms with Gasteiger partial charge in [-0.15, -0.1) is 4.98 Å². The van der Waals surface area contributed by atoms with Gasteiger partial charge < -0.3 is 9.58 Å². The molecule has 0 saturated carbocycles. The van der Waals surface area contributed by atoms with Crippen molar-refractivity contribution >= 4 is 5.82 Å². The molecule has 0 fully saturated rings. The standard InChI is InChI=1S/C15H22N2O/c1-14(2,3)10-9-11(18-8)13(16-7)17-12(10)15(4,5)6/h9H,1-6,8H3. The molecule has 3 heteroatoms. The molecule has 0 spiro atoms. The van der Waals surface area contributed by atoms with Crippen molar-refractivity contribution in [2.75, 3.05) is 7.11 Å². The summed E-state index contributed by atoms with van der Waals surface area (Å²) in [5.41, 5.74) is 2.00. The summed E-state index contributed by atoms with van der Waals surface area (Å²) >= 11 is 0. The van der Waals surface area contributed by atoms with E-state index in [2.05, 4.69) is 51.4 Å². The van der Waals surface area contributed by atoms with Gasteiger partial charge in [-0.05, 0) is 11.5 Å². The van der Waals surface area contributed by atoms with E-state index < -0.39 is 0 Å². The maximum atomic E-state index is 7.20. The lowest BCUT2D eigenvalue weighted by Crippen LogP contribution is -2.23. The lowest BCUT2D eigenvalue weighted by atomic mass is 9.78. The molecule has 0 aliphatic heterocycles. The van der Waals surface area contributed by atoms with Gasteiger partial charge in [-0.1, -0.05) is 48.1 Å². The molecule has 0 bridgehead atoms. The van der Waals surface area contributed by atoms with Crippen molar-refractivity contribution in [1.29, 1.82) is 0 Å². The highest BCUT2D eigenvalue weighted by atomic mass is 16.5. The SMILES string of the molecule is [C-]#[N+]c1nc(C(C)(C)C)c(C(C)(C)C)cc1OC. The molecule has 0 aliphatic rings. The summed E-state index contributed by atoms with van der Waals surface area (Å²) in [6, 6.07) is 1.96. The number of aromatic nitrogens is 1. The van der Waals surface area contributed by atoms with E-state index in [4.69, 9.17) is 11.3 Å². The Hall–Kier alpha value is -1.56. The zero-order valence-corrected chi connectivity index (χ0v) is 12.4. The van der Waals surface area contributed by atoms with Gasteiger partial charge in [0.15, 0.2) is 0 Å². The van der Waals surface area contributed by atoms with Crippen LogP contribution in [0.2, 0.25) is 0 Å². The third-order valence-electron chi connectivity index (χ3n) is 2.81. The number of rotatable bonds is 1. The van der Waals surface area contributed by atoms with Crippen molar-refractivity contribution in [3.8, 4) is 5.75 Å². The quantitative estimate of drug-likeness (QED) is 0.693. The van der Waals surface area contributed by atoms with Crippen LogP contribution in [0.5, 0.6) is 5.75 Å². The maximum absolute atomic E-state index is 7.20. The molecular weight excluding hydrogens is 224 g/mol. The fourth-order valence-corrected chi connectivity index (χ4v) is 1.86. The Bertz CT molecular complexity index is 485. The molecule has 0 aromatic carbocycles. The summed E-state index contributed by atoms with van der Waals surface area (Å²) in [6.07, 6.45) is 0. The number of ether oxygens (including phenoxy) is 1. The smallest absolute Gasteiger partial charge is 0.312 e. The molecule has 3 nitrogen and oxygen atoms in total. The summed E-state index contributed by atoms with van der Waals surface area (Å²) in [6.45, 7) is 20.0. The topological polar surface area (TPSA) is 26.5 Å². The predicted octanol–water partition coefficient (Wildman–Crippen LogP) is 4.24. The van der Waals surface area contributed by atoms with Gasteiger partial charge in [0.05, 0.1) is 7.11 Å². The Balaban J connectivity index is 3.64. The Kier molecular flexibility index (Phi) is 3.71. The molecule has 1 heterocycles. The second-order valence-electron chi connectivity index (χ2n) is 6.52. The van der Waals surface area contributed by atoms with Crippen LogP contribution in [0, 0.1) is 6.57 Å². The Labute approximate surface area is 110 Å². The van der Waals surface area contributed by atoms with Gasteiger partial charge in [0.1, 0.15) is 11.4 Å². The summed E-state index contributed by atoms with van der Waals surface area (Å²) in [5.74, 6) is 0.901. The zero-order valence-electron chi connectivity index (χ0n) is 12.4. The van der Waals surface area contributed by atoms with Gasteiger partial charge >= 0.3 is 5.82 Å². The van der Waals surface area contributed by atoms with E-state index in [1.807, 2.05) is 6.07 Å². The Morgan fingerprint density at radius 3 is 2.00 bits per heavy atom. The van der Waals surface area contributed by atoms with Crippen LogP contribution in [0.25, 0.3) is 4.85 Å². The molecular formula is C15H22N2O. The summed E-state index contributed by atoms with van der Waals surface area (Å²) in [7, 11) is 1.58. The normalized spacial score (nSPS) is 12.1. The van der Waals surface area contributed by atoms with Crippen LogP contribution < -0.4 is 4.74 Å². The molecule has 0 amide bonds. The molecule has 0 aliphatic carbocycles. The molecule has 98 valence electrons. The first-order valence-corrected chi connectivity index (χ1v) is 6.08. The number of methoxy groups -OCH3 is 1. The highest BCUT2D eigenvalue weighted by molar-refractivity contribution is 5.55. The number of hydrogen-bond donors (Lipinski definition) is 0. The van der Waals surface area contributed by atoms with Crippen molar-refractivity contribution < 1.29 is 4.74 Å². The van der Waals surface area contributed by atoms with Gasteiger partial charge in [0.2, 0.25) is 0 Å². The molecule has 0 N–H and O–H groups in total. The maximum Gasteiger partial charge on any atom is 0.312 e. The highest BCUT2D eigenvalue weighted by Gasteiger charge is 2.31.